The summed E-state index contributed by atoms with van der Waals surface area (Å²) >= 11 is 0. The Morgan fingerprint density at radius 2 is 1.90 bits per heavy atom. The fourth-order valence-corrected chi connectivity index (χ4v) is 5.93. The van der Waals surface area contributed by atoms with Crippen LogP contribution in [0.4, 0.5) is 29.6 Å². The molecule has 17 heteroatoms. The molecule has 5 rings (SSSR count). The fraction of sp³-hybridized carbons (Fsp3) is 0.520. The lowest BCUT2D eigenvalue weighted by molar-refractivity contribution is -0.137. The average molecular weight is 613 g/mol. The monoisotopic (exact) mass is 612 g/mol. The van der Waals surface area contributed by atoms with E-state index >= 15 is 0 Å². The van der Waals surface area contributed by atoms with E-state index in [-0.39, 0.29) is 23.2 Å². The molecule has 5 heterocycles. The minimum atomic E-state index is -4.84. The number of ether oxygens (including phenoxy) is 1. The van der Waals surface area contributed by atoms with E-state index in [9.17, 15) is 31.5 Å². The average Bonchev–Trinajstić information content (AvgIpc) is 3.33. The van der Waals surface area contributed by atoms with Crippen LogP contribution in [0.15, 0.2) is 24.5 Å². The zero-order chi connectivity index (χ0) is 30.4. The number of hydrogen-bond donors (Lipinski definition) is 1. The molecule has 3 aromatic heterocycles. The number of hydrogen-bond acceptors (Lipinski definition) is 9. The third kappa shape index (κ3) is 6.13. The van der Waals surface area contributed by atoms with E-state index in [1.807, 2.05) is 17.9 Å². The SMILES string of the molecule is C[C@H]1COCCN1c1nc(-c2cnc(N(C)C(=O)O)cc2C(F)(F)F)nn2cc(CN3CCN(S(C)(=O)=O)CC3)cc12. The van der Waals surface area contributed by atoms with Gasteiger partial charge in [0, 0.05) is 58.7 Å². The first kappa shape index (κ1) is 29.9. The molecule has 0 unspecified atom stereocenters. The van der Waals surface area contributed by atoms with E-state index in [0.717, 1.165) is 18.8 Å². The van der Waals surface area contributed by atoms with Gasteiger partial charge in [-0.2, -0.15) is 17.5 Å². The van der Waals surface area contributed by atoms with Crippen LogP contribution in [0, 0.1) is 0 Å². The molecule has 42 heavy (non-hydrogen) atoms. The Morgan fingerprint density at radius 3 is 2.52 bits per heavy atom. The summed E-state index contributed by atoms with van der Waals surface area (Å²) < 4.78 is 75.0. The number of morpholine rings is 1. The predicted octanol–water partition coefficient (Wildman–Crippen LogP) is 2.23. The summed E-state index contributed by atoms with van der Waals surface area (Å²) in [6.07, 6.45) is -2.44. The molecule has 0 bridgehead atoms. The second kappa shape index (κ2) is 11.3. The lowest BCUT2D eigenvalue weighted by Gasteiger charge is -2.34. The van der Waals surface area contributed by atoms with E-state index < -0.39 is 27.9 Å². The van der Waals surface area contributed by atoms with Crippen LogP contribution in [0.1, 0.15) is 18.1 Å². The summed E-state index contributed by atoms with van der Waals surface area (Å²) in [5.41, 5.74) is -0.0664. The van der Waals surface area contributed by atoms with E-state index in [4.69, 9.17) is 4.74 Å². The number of anilines is 2. The summed E-state index contributed by atoms with van der Waals surface area (Å²) in [6.45, 7) is 5.51. The second-order valence-corrected chi connectivity index (χ2v) is 12.4. The number of rotatable bonds is 6. The van der Waals surface area contributed by atoms with Gasteiger partial charge in [0.1, 0.15) is 11.3 Å². The molecule has 2 aliphatic heterocycles. The highest BCUT2D eigenvalue weighted by molar-refractivity contribution is 7.88. The van der Waals surface area contributed by atoms with Crippen molar-refractivity contribution in [3.05, 3.63) is 35.7 Å². The van der Waals surface area contributed by atoms with Gasteiger partial charge in [-0.3, -0.25) is 9.80 Å². The lowest BCUT2D eigenvalue weighted by atomic mass is 10.1. The van der Waals surface area contributed by atoms with Crippen molar-refractivity contribution in [3.8, 4) is 11.4 Å². The van der Waals surface area contributed by atoms with Gasteiger partial charge in [-0.1, -0.05) is 0 Å². The number of halogens is 3. The molecule has 13 nitrogen and oxygen atoms in total. The van der Waals surface area contributed by atoms with Crippen molar-refractivity contribution in [1.29, 1.82) is 0 Å². The van der Waals surface area contributed by atoms with Gasteiger partial charge in [-0.05, 0) is 24.6 Å². The molecular weight excluding hydrogens is 581 g/mol. The number of carboxylic acid groups (broad SMARTS) is 1. The highest BCUT2D eigenvalue weighted by Crippen LogP contribution is 2.38. The first-order valence-corrected chi connectivity index (χ1v) is 15.0. The number of piperazine rings is 1. The summed E-state index contributed by atoms with van der Waals surface area (Å²) in [5, 5.41) is 13.7. The Balaban J connectivity index is 1.57. The molecule has 228 valence electrons. The first-order valence-electron chi connectivity index (χ1n) is 13.2. The smallest absolute Gasteiger partial charge is 0.417 e. The topological polar surface area (TPSA) is 137 Å². The molecule has 2 aliphatic rings. The Labute approximate surface area is 240 Å². The van der Waals surface area contributed by atoms with Crippen molar-refractivity contribution >= 4 is 33.3 Å². The number of aromatic nitrogens is 4. The molecule has 1 N–H and O–H groups in total. The molecular formula is C25H31F3N8O5S. The molecule has 0 saturated carbocycles. The van der Waals surface area contributed by atoms with Gasteiger partial charge in [-0.15, -0.1) is 5.10 Å². The number of carbonyl (C=O) groups is 1. The summed E-state index contributed by atoms with van der Waals surface area (Å²) in [4.78, 5) is 24.6. The van der Waals surface area contributed by atoms with Crippen molar-refractivity contribution in [2.75, 3.05) is 69.0 Å². The van der Waals surface area contributed by atoms with Crippen molar-refractivity contribution in [3.63, 3.8) is 0 Å². The predicted molar refractivity (Wildman–Crippen MR) is 147 cm³/mol. The molecule has 0 aliphatic carbocycles. The minimum absolute atomic E-state index is 0.112. The zero-order valence-electron chi connectivity index (χ0n) is 23.2. The van der Waals surface area contributed by atoms with E-state index in [1.54, 1.807) is 6.20 Å². The van der Waals surface area contributed by atoms with E-state index in [2.05, 4.69) is 20.0 Å². The zero-order valence-corrected chi connectivity index (χ0v) is 24.1. The number of nitrogens with zero attached hydrogens (tertiary/aromatic N) is 8. The molecule has 0 radical (unpaired) electrons. The second-order valence-electron chi connectivity index (χ2n) is 10.4. The van der Waals surface area contributed by atoms with Crippen LogP contribution >= 0.6 is 0 Å². The van der Waals surface area contributed by atoms with Crippen LogP contribution in [-0.4, -0.2) is 114 Å². The fourth-order valence-electron chi connectivity index (χ4n) is 5.11. The number of fused-ring (bicyclic) bond motifs is 1. The van der Waals surface area contributed by atoms with Gasteiger partial charge in [0.15, 0.2) is 11.6 Å². The van der Waals surface area contributed by atoms with Crippen LogP contribution in [0.2, 0.25) is 0 Å². The van der Waals surface area contributed by atoms with E-state index in [0.29, 0.717) is 74.8 Å². The van der Waals surface area contributed by atoms with Gasteiger partial charge >= 0.3 is 12.3 Å². The summed E-state index contributed by atoms with van der Waals surface area (Å²) in [6, 6.07) is 2.45. The maximum atomic E-state index is 14.2. The lowest BCUT2D eigenvalue weighted by Crippen LogP contribution is -2.47. The summed E-state index contributed by atoms with van der Waals surface area (Å²) in [5.74, 6) is -0.172. The van der Waals surface area contributed by atoms with Crippen molar-refractivity contribution in [1.82, 2.24) is 28.8 Å². The van der Waals surface area contributed by atoms with Gasteiger partial charge in [0.2, 0.25) is 10.0 Å². The molecule has 2 fully saturated rings. The van der Waals surface area contributed by atoms with Crippen LogP contribution in [0.3, 0.4) is 0 Å². The molecule has 1 amide bonds. The number of alkyl halides is 3. The van der Waals surface area contributed by atoms with Crippen LogP contribution < -0.4 is 9.80 Å². The van der Waals surface area contributed by atoms with Crippen LogP contribution in [0.25, 0.3) is 16.9 Å². The normalized spacial score (nSPS) is 19.4. The largest absolute Gasteiger partial charge is 0.465 e. The maximum absolute atomic E-state index is 14.2. The van der Waals surface area contributed by atoms with Gasteiger partial charge < -0.3 is 14.7 Å². The quantitative estimate of drug-likeness (QED) is 0.441. The maximum Gasteiger partial charge on any atom is 0.417 e. The molecule has 1 atom stereocenters. The number of amides is 1. The molecule has 0 aromatic carbocycles. The van der Waals surface area contributed by atoms with Crippen molar-refractivity contribution < 1.29 is 36.2 Å². The molecule has 2 saturated heterocycles. The number of sulfonamides is 1. The van der Waals surface area contributed by atoms with Crippen molar-refractivity contribution in [2.24, 2.45) is 0 Å². The highest BCUT2D eigenvalue weighted by Gasteiger charge is 2.37. The summed E-state index contributed by atoms with van der Waals surface area (Å²) in [7, 11) is -2.17. The Morgan fingerprint density at radius 1 is 1.19 bits per heavy atom. The molecule has 0 spiro atoms. The Hall–Kier alpha value is -3.54. The Kier molecular flexibility index (Phi) is 8.04. The van der Waals surface area contributed by atoms with Crippen LogP contribution in [0.5, 0.6) is 0 Å². The number of pyridine rings is 1. The van der Waals surface area contributed by atoms with E-state index in [1.165, 1.54) is 15.1 Å². The van der Waals surface area contributed by atoms with Crippen molar-refractivity contribution in [2.45, 2.75) is 25.7 Å². The highest BCUT2D eigenvalue weighted by atomic mass is 32.2. The standard InChI is InChI=1S/C25H31F3N8O5S/c1-16-15-41-9-8-35(16)23-20-10-17(13-33-4-6-34(7-5-33)42(3,39)40)14-36(20)31-22(30-23)18-12-29-21(32(2)24(37)38)11-19(18)25(26,27)28/h10-12,14,16H,4-9,13,15H2,1-3H3,(H,37,38)/t16-/m0/s1. The third-order valence-corrected chi connectivity index (χ3v) is 8.72. The minimum Gasteiger partial charge on any atom is -0.465 e. The molecule has 3 aromatic rings. The van der Waals surface area contributed by atoms with Gasteiger partial charge in [0.05, 0.1) is 36.6 Å². The Bertz CT molecular complexity index is 1590. The van der Waals surface area contributed by atoms with Gasteiger partial charge in [-0.25, -0.2) is 27.7 Å². The van der Waals surface area contributed by atoms with Crippen LogP contribution in [-0.2, 0) is 27.5 Å². The first-order chi connectivity index (χ1) is 19.7. The van der Waals surface area contributed by atoms with Gasteiger partial charge in [0.25, 0.3) is 0 Å². The third-order valence-electron chi connectivity index (χ3n) is 7.41.